The van der Waals surface area contributed by atoms with Gasteiger partial charge in [-0.05, 0) is 32.0 Å². The number of carbonyl (C=O) groups is 2. The molecule has 0 saturated carbocycles. The minimum atomic E-state index is -0.610. The van der Waals surface area contributed by atoms with Crippen LogP contribution in [0.25, 0.3) is 0 Å². The van der Waals surface area contributed by atoms with Crippen LogP contribution in [-0.2, 0) is 11.3 Å². The summed E-state index contributed by atoms with van der Waals surface area (Å²) in [5, 5.41) is 3.89. The molecule has 30 heavy (non-hydrogen) atoms. The van der Waals surface area contributed by atoms with Gasteiger partial charge in [0.05, 0.1) is 18.7 Å². The summed E-state index contributed by atoms with van der Waals surface area (Å²) >= 11 is 6.19. The lowest BCUT2D eigenvalue weighted by Gasteiger charge is -2.30. The van der Waals surface area contributed by atoms with Crippen LogP contribution in [-0.4, -0.2) is 59.9 Å². The van der Waals surface area contributed by atoms with E-state index >= 15 is 0 Å². The Labute approximate surface area is 179 Å². The highest BCUT2D eigenvalue weighted by atomic mass is 35.5. The first-order valence-electron chi connectivity index (χ1n) is 9.58. The smallest absolute Gasteiger partial charge is 0.402 e. The summed E-state index contributed by atoms with van der Waals surface area (Å²) in [7, 11) is 4.72. The Morgan fingerprint density at radius 3 is 2.63 bits per heavy atom. The van der Waals surface area contributed by atoms with Crippen LogP contribution in [0, 0.1) is 13.8 Å². The number of hydrogen-bond donors (Lipinski definition) is 1. The van der Waals surface area contributed by atoms with Gasteiger partial charge < -0.3 is 10.1 Å². The number of nitrogens with one attached hydrogen (secondary N) is 1. The number of aliphatic imine (C=N–C) groups is 1. The molecule has 158 valence electrons. The number of amidine groups is 1. The van der Waals surface area contributed by atoms with E-state index in [1.807, 2.05) is 36.6 Å². The summed E-state index contributed by atoms with van der Waals surface area (Å²) < 4.78 is 9.15. The number of anilines is 1. The molecule has 2 aromatic rings. The van der Waals surface area contributed by atoms with E-state index in [-0.39, 0.29) is 11.9 Å². The predicted octanol–water partition coefficient (Wildman–Crippen LogP) is 2.28. The first-order valence-corrected chi connectivity index (χ1v) is 9.96. The largest absolute Gasteiger partial charge is 0.495 e. The van der Waals surface area contributed by atoms with Crippen molar-refractivity contribution in [2.75, 3.05) is 33.1 Å². The average Bonchev–Trinajstić information content (AvgIpc) is 3.22. The van der Waals surface area contributed by atoms with Crippen LogP contribution in [0.4, 0.5) is 16.4 Å². The van der Waals surface area contributed by atoms with Gasteiger partial charge in [-0.2, -0.15) is 0 Å². The highest BCUT2D eigenvalue weighted by Gasteiger charge is 2.53. The zero-order valence-electron chi connectivity index (χ0n) is 17.6. The second-order valence-corrected chi connectivity index (χ2v) is 7.79. The monoisotopic (exact) mass is 431 g/mol. The molecule has 1 saturated heterocycles. The first kappa shape index (κ1) is 20.2. The van der Waals surface area contributed by atoms with Crippen LogP contribution in [0.5, 0.6) is 5.75 Å². The molecule has 2 aliphatic heterocycles. The van der Waals surface area contributed by atoms with Crippen LogP contribution in [0.2, 0.25) is 5.02 Å². The molecule has 0 radical (unpaired) electrons. The molecular weight excluding hydrogens is 408 g/mol. The van der Waals surface area contributed by atoms with Crippen LogP contribution < -0.4 is 14.6 Å². The second kappa shape index (κ2) is 7.32. The molecule has 1 N–H and O–H groups in total. The van der Waals surface area contributed by atoms with Gasteiger partial charge >= 0.3 is 12.0 Å². The van der Waals surface area contributed by atoms with Crippen LogP contribution >= 0.6 is 11.6 Å². The molecule has 4 rings (SSSR count). The number of halogens is 1. The number of imidazole rings is 1. The third-order valence-electron chi connectivity index (χ3n) is 5.76. The molecule has 1 atom stereocenters. The molecular formula is C20H24ClN6O3+. The molecule has 1 aromatic carbocycles. The number of hydrogen-bond acceptors (Lipinski definition) is 5. The summed E-state index contributed by atoms with van der Waals surface area (Å²) in [5.74, 6) is 1.49. The topological polar surface area (TPSA) is 83.0 Å². The van der Waals surface area contributed by atoms with Crippen molar-refractivity contribution in [2.45, 2.75) is 26.4 Å². The van der Waals surface area contributed by atoms with Crippen molar-refractivity contribution in [3.05, 3.63) is 34.6 Å². The third-order valence-corrected chi connectivity index (χ3v) is 6.06. The molecule has 0 bridgehead atoms. The van der Waals surface area contributed by atoms with Gasteiger partial charge in [-0.1, -0.05) is 16.6 Å². The fourth-order valence-corrected chi connectivity index (χ4v) is 4.20. The molecule has 10 heteroatoms. The number of ether oxygens (including phenoxy) is 1. The first-order chi connectivity index (χ1) is 14.3. The SMILES string of the molecule is COc1ccc(NCC[n+]2c(C)c(C)n3c2N=C2C3C(=O)N(C)C(=O)N2C)cc1Cl. The Hall–Kier alpha value is -3.07. The van der Waals surface area contributed by atoms with Crippen molar-refractivity contribution >= 4 is 41.0 Å². The average molecular weight is 432 g/mol. The van der Waals surface area contributed by atoms with Gasteiger partial charge in [-0.3, -0.25) is 14.6 Å². The number of imide groups is 1. The maximum absolute atomic E-state index is 12.8. The molecule has 0 aliphatic carbocycles. The number of fused-ring (bicyclic) bond motifs is 3. The van der Waals surface area contributed by atoms with Gasteiger partial charge in [-0.15, -0.1) is 0 Å². The van der Waals surface area contributed by atoms with E-state index in [4.69, 9.17) is 16.3 Å². The molecule has 1 fully saturated rings. The van der Waals surface area contributed by atoms with Crippen molar-refractivity contribution in [3.63, 3.8) is 0 Å². The number of aromatic nitrogens is 2. The van der Waals surface area contributed by atoms with Gasteiger partial charge in [0, 0.05) is 26.3 Å². The third kappa shape index (κ3) is 2.92. The molecule has 3 amide bonds. The number of amides is 3. The zero-order valence-corrected chi connectivity index (χ0v) is 18.3. The highest BCUT2D eigenvalue weighted by molar-refractivity contribution is 6.32. The fourth-order valence-electron chi connectivity index (χ4n) is 3.94. The fraction of sp³-hybridized carbons (Fsp3) is 0.400. The van der Waals surface area contributed by atoms with Crippen LogP contribution in [0.3, 0.4) is 0 Å². The number of nitrogens with zero attached hydrogens (tertiary/aromatic N) is 5. The minimum absolute atomic E-state index is 0.271. The van der Waals surface area contributed by atoms with Gasteiger partial charge in [-0.25, -0.2) is 13.9 Å². The standard InChI is InChI=1S/C20H24ClN6O3/c1-11-12(2)27-16-17(24(3)20(29)25(4)18(16)28)23-19(27)26(11)9-8-22-13-6-7-15(30-5)14(21)10-13/h6-7,10,16,22H,8-9H2,1-5H3/q+1. The van der Waals surface area contributed by atoms with Crippen LogP contribution in [0.1, 0.15) is 17.4 Å². The summed E-state index contributed by atoms with van der Waals surface area (Å²) in [6.07, 6.45) is 0. The number of rotatable bonds is 5. The number of carbonyl (C=O) groups excluding carboxylic acids is 2. The van der Waals surface area contributed by atoms with Crippen molar-refractivity contribution in [3.8, 4) is 5.75 Å². The lowest BCUT2D eigenvalue weighted by atomic mass is 10.1. The Balaban J connectivity index is 1.59. The molecule has 3 heterocycles. The van der Waals surface area contributed by atoms with E-state index in [1.165, 1.54) is 11.9 Å². The van der Waals surface area contributed by atoms with Crippen molar-refractivity contribution in [1.82, 2.24) is 14.4 Å². The Kier molecular flexibility index (Phi) is 4.93. The zero-order chi connectivity index (χ0) is 21.7. The van der Waals surface area contributed by atoms with E-state index in [0.29, 0.717) is 35.6 Å². The number of benzene rings is 1. The maximum Gasteiger partial charge on any atom is 0.402 e. The van der Waals surface area contributed by atoms with E-state index in [9.17, 15) is 9.59 Å². The lowest BCUT2D eigenvalue weighted by molar-refractivity contribution is -0.686. The van der Waals surface area contributed by atoms with Gasteiger partial charge in [0.2, 0.25) is 11.9 Å². The van der Waals surface area contributed by atoms with Gasteiger partial charge in [0.1, 0.15) is 17.1 Å². The summed E-state index contributed by atoms with van der Waals surface area (Å²) in [6, 6.07) is 4.55. The van der Waals surface area contributed by atoms with Crippen molar-refractivity contribution in [2.24, 2.45) is 4.99 Å². The van der Waals surface area contributed by atoms with E-state index < -0.39 is 6.04 Å². The number of methoxy groups -OCH3 is 1. The van der Waals surface area contributed by atoms with Crippen LogP contribution in [0.15, 0.2) is 23.2 Å². The van der Waals surface area contributed by atoms with E-state index in [0.717, 1.165) is 22.0 Å². The van der Waals surface area contributed by atoms with E-state index in [2.05, 4.69) is 14.9 Å². The molecule has 9 nitrogen and oxygen atoms in total. The summed E-state index contributed by atoms with van der Waals surface area (Å²) in [6.45, 7) is 5.23. The van der Waals surface area contributed by atoms with E-state index in [1.54, 1.807) is 14.2 Å². The molecule has 1 aromatic heterocycles. The highest BCUT2D eigenvalue weighted by Crippen LogP contribution is 2.34. The Bertz CT molecular complexity index is 1090. The Morgan fingerprint density at radius 1 is 1.23 bits per heavy atom. The lowest BCUT2D eigenvalue weighted by Crippen LogP contribution is -2.56. The second-order valence-electron chi connectivity index (χ2n) is 7.38. The number of likely N-dealkylation sites (N-methyl/N-ethyl adjacent to an activating group) is 2. The number of urea groups is 1. The van der Waals surface area contributed by atoms with Gasteiger partial charge in [0.25, 0.3) is 5.91 Å². The maximum atomic E-state index is 12.8. The van der Waals surface area contributed by atoms with Gasteiger partial charge in [0.15, 0.2) is 0 Å². The van der Waals surface area contributed by atoms with Crippen molar-refractivity contribution < 1.29 is 18.9 Å². The summed E-state index contributed by atoms with van der Waals surface area (Å²) in [5.41, 5.74) is 2.86. The summed E-state index contributed by atoms with van der Waals surface area (Å²) in [4.78, 5) is 32.4. The molecule has 2 aliphatic rings. The molecule has 1 unspecified atom stereocenters. The molecule has 0 spiro atoms. The minimum Gasteiger partial charge on any atom is -0.495 e. The van der Waals surface area contributed by atoms with Crippen molar-refractivity contribution in [1.29, 1.82) is 0 Å². The predicted molar refractivity (Wildman–Crippen MR) is 113 cm³/mol. The normalized spacial score (nSPS) is 17.8. The quantitative estimate of drug-likeness (QED) is 0.736. The Morgan fingerprint density at radius 2 is 1.97 bits per heavy atom.